The lowest BCUT2D eigenvalue weighted by Crippen LogP contribution is -2.35. The number of non-ortho nitro benzene ring substituents is 1. The van der Waals surface area contributed by atoms with Crippen molar-refractivity contribution in [1.82, 2.24) is 0 Å². The van der Waals surface area contributed by atoms with Gasteiger partial charge in [-0.1, -0.05) is 0 Å². The maximum atomic E-state index is 10.5. The Morgan fingerprint density at radius 1 is 1.26 bits per heavy atom. The molecule has 0 bridgehead atoms. The van der Waals surface area contributed by atoms with Gasteiger partial charge >= 0.3 is 0 Å². The molecule has 1 aliphatic rings. The van der Waals surface area contributed by atoms with Crippen LogP contribution in [0.2, 0.25) is 0 Å². The Morgan fingerprint density at radius 3 is 2.37 bits per heavy atom. The highest BCUT2D eigenvalue weighted by atomic mass is 16.7. The molecule has 19 heavy (non-hydrogen) atoms. The molecule has 104 valence electrons. The molecule has 8 heteroatoms. The van der Waals surface area contributed by atoms with E-state index in [1.165, 1.54) is 24.3 Å². The first kappa shape index (κ1) is 13.7. The maximum Gasteiger partial charge on any atom is 0.269 e. The van der Waals surface area contributed by atoms with E-state index in [4.69, 9.17) is 14.6 Å². The molecule has 0 radical (unpaired) electrons. The zero-order chi connectivity index (χ0) is 14.0. The molecule has 4 atom stereocenters. The number of aliphatic hydroxyl groups is 3. The summed E-state index contributed by atoms with van der Waals surface area (Å²) in [4.78, 5) is 9.93. The van der Waals surface area contributed by atoms with E-state index in [9.17, 15) is 20.3 Å². The van der Waals surface area contributed by atoms with Gasteiger partial charge in [-0.25, -0.2) is 0 Å². The van der Waals surface area contributed by atoms with Gasteiger partial charge in [0.25, 0.3) is 5.69 Å². The van der Waals surface area contributed by atoms with Gasteiger partial charge in [0.1, 0.15) is 24.1 Å². The van der Waals surface area contributed by atoms with Crippen LogP contribution < -0.4 is 4.74 Å². The Kier molecular flexibility index (Phi) is 3.96. The zero-order valence-corrected chi connectivity index (χ0v) is 9.75. The first-order chi connectivity index (χ1) is 9.02. The summed E-state index contributed by atoms with van der Waals surface area (Å²) in [5, 5.41) is 38.5. The van der Waals surface area contributed by atoms with Gasteiger partial charge in [0, 0.05) is 12.1 Å². The Bertz CT molecular complexity index is 449. The number of nitro benzene ring substituents is 1. The van der Waals surface area contributed by atoms with E-state index in [2.05, 4.69) is 0 Å². The molecule has 1 fully saturated rings. The molecule has 0 aromatic heterocycles. The fourth-order valence-corrected chi connectivity index (χ4v) is 1.74. The summed E-state index contributed by atoms with van der Waals surface area (Å²) in [7, 11) is 0. The molecule has 3 N–H and O–H groups in total. The third-order valence-electron chi connectivity index (χ3n) is 2.80. The Balaban J connectivity index is 2.03. The third kappa shape index (κ3) is 2.82. The molecule has 8 nitrogen and oxygen atoms in total. The number of nitro groups is 1. The number of nitrogens with zero attached hydrogens (tertiary/aromatic N) is 1. The summed E-state index contributed by atoms with van der Waals surface area (Å²) in [5.41, 5.74) is -0.0893. The van der Waals surface area contributed by atoms with Gasteiger partial charge in [-0.3, -0.25) is 10.1 Å². The van der Waals surface area contributed by atoms with Crippen LogP contribution >= 0.6 is 0 Å². The van der Waals surface area contributed by atoms with Crippen LogP contribution in [-0.4, -0.2) is 51.5 Å². The highest BCUT2D eigenvalue weighted by Crippen LogP contribution is 2.25. The van der Waals surface area contributed by atoms with Crippen molar-refractivity contribution >= 4 is 5.69 Å². The molecule has 0 unspecified atom stereocenters. The van der Waals surface area contributed by atoms with Crippen molar-refractivity contribution in [3.63, 3.8) is 0 Å². The van der Waals surface area contributed by atoms with Crippen molar-refractivity contribution in [2.45, 2.75) is 24.6 Å². The minimum atomic E-state index is -1.30. The van der Waals surface area contributed by atoms with E-state index in [0.29, 0.717) is 0 Å². The van der Waals surface area contributed by atoms with E-state index >= 15 is 0 Å². The second-order valence-electron chi connectivity index (χ2n) is 4.08. The quantitative estimate of drug-likeness (QED) is 0.494. The van der Waals surface area contributed by atoms with Gasteiger partial charge in [-0.05, 0) is 12.1 Å². The summed E-state index contributed by atoms with van der Waals surface area (Å²) in [6, 6.07) is 5.20. The first-order valence-electron chi connectivity index (χ1n) is 5.56. The topological polar surface area (TPSA) is 122 Å². The van der Waals surface area contributed by atoms with E-state index in [1.54, 1.807) is 0 Å². The van der Waals surface area contributed by atoms with Crippen LogP contribution in [0.25, 0.3) is 0 Å². The lowest BCUT2D eigenvalue weighted by Gasteiger charge is -2.16. The third-order valence-corrected chi connectivity index (χ3v) is 2.80. The molecule has 0 amide bonds. The standard InChI is InChI=1S/C11H13NO7/c13-5-8-9(14)10(15)11(19-8)18-7-3-1-6(2-4-7)12(16)17/h1-4,8-11,13-15H,5H2/t8-,9+,10-,11-/m1/s1. The average molecular weight is 271 g/mol. The van der Waals surface area contributed by atoms with Crippen molar-refractivity contribution < 1.29 is 29.7 Å². The second kappa shape index (κ2) is 5.49. The molecule has 1 aliphatic heterocycles. The van der Waals surface area contributed by atoms with E-state index in [0.717, 1.165) is 0 Å². The highest BCUT2D eigenvalue weighted by molar-refractivity contribution is 5.36. The SMILES string of the molecule is O=[N+]([O-])c1ccc(O[C@@H]2O[C@H](CO)[C@H](O)[C@H]2O)cc1. The van der Waals surface area contributed by atoms with Crippen LogP contribution in [0.4, 0.5) is 5.69 Å². The van der Waals surface area contributed by atoms with Crippen molar-refractivity contribution in [3.8, 4) is 5.75 Å². The first-order valence-corrected chi connectivity index (χ1v) is 5.56. The normalized spacial score (nSPS) is 30.3. The number of hydrogen-bond donors (Lipinski definition) is 3. The fourth-order valence-electron chi connectivity index (χ4n) is 1.74. The predicted octanol–water partition coefficient (Wildman–Crippen LogP) is -0.587. The maximum absolute atomic E-state index is 10.5. The van der Waals surface area contributed by atoms with Gasteiger partial charge in [-0.15, -0.1) is 0 Å². The minimum Gasteiger partial charge on any atom is -0.462 e. The molecular weight excluding hydrogens is 258 g/mol. The molecule has 1 saturated heterocycles. The summed E-state index contributed by atoms with van der Waals surface area (Å²) < 4.78 is 10.4. The molecule has 0 aliphatic carbocycles. The van der Waals surface area contributed by atoms with Crippen LogP contribution in [0.3, 0.4) is 0 Å². The number of benzene rings is 1. The van der Waals surface area contributed by atoms with E-state index in [-0.39, 0.29) is 11.4 Å². The van der Waals surface area contributed by atoms with Gasteiger partial charge < -0.3 is 24.8 Å². The molecule has 2 rings (SSSR count). The molecular formula is C11H13NO7. The summed E-state index contributed by atoms with van der Waals surface area (Å²) in [6.45, 7) is -0.446. The lowest BCUT2D eigenvalue weighted by molar-refractivity contribution is -0.384. The van der Waals surface area contributed by atoms with Crippen LogP contribution in [0, 0.1) is 10.1 Å². The smallest absolute Gasteiger partial charge is 0.269 e. The Hall–Kier alpha value is -1.74. The van der Waals surface area contributed by atoms with Gasteiger partial charge in [-0.2, -0.15) is 0 Å². The van der Waals surface area contributed by atoms with Gasteiger partial charge in [0.15, 0.2) is 0 Å². The predicted molar refractivity (Wildman–Crippen MR) is 61.5 cm³/mol. The highest BCUT2D eigenvalue weighted by Gasteiger charge is 2.43. The van der Waals surface area contributed by atoms with Gasteiger partial charge in [0.2, 0.25) is 6.29 Å². The second-order valence-corrected chi connectivity index (χ2v) is 4.08. The van der Waals surface area contributed by atoms with Crippen LogP contribution in [-0.2, 0) is 4.74 Å². The minimum absolute atomic E-state index is 0.0893. The number of ether oxygens (including phenoxy) is 2. The Labute approximate surface area is 108 Å². The van der Waals surface area contributed by atoms with Crippen molar-refractivity contribution in [2.24, 2.45) is 0 Å². The average Bonchev–Trinajstić information content (AvgIpc) is 2.67. The van der Waals surface area contributed by atoms with Crippen LogP contribution in [0.5, 0.6) is 5.75 Å². The summed E-state index contributed by atoms with van der Waals surface area (Å²) in [6.07, 6.45) is -4.59. The van der Waals surface area contributed by atoms with Crippen molar-refractivity contribution in [3.05, 3.63) is 34.4 Å². The molecule has 0 spiro atoms. The largest absolute Gasteiger partial charge is 0.462 e. The lowest BCUT2D eigenvalue weighted by atomic mass is 10.1. The van der Waals surface area contributed by atoms with E-state index < -0.39 is 36.1 Å². The molecule has 1 aromatic carbocycles. The number of rotatable bonds is 4. The van der Waals surface area contributed by atoms with Gasteiger partial charge in [0.05, 0.1) is 11.5 Å². The van der Waals surface area contributed by atoms with Crippen molar-refractivity contribution in [2.75, 3.05) is 6.61 Å². The summed E-state index contributed by atoms with van der Waals surface area (Å²) >= 11 is 0. The van der Waals surface area contributed by atoms with Crippen LogP contribution in [0.15, 0.2) is 24.3 Å². The monoisotopic (exact) mass is 271 g/mol. The summed E-state index contributed by atoms with van der Waals surface area (Å²) in [5.74, 6) is 0.250. The van der Waals surface area contributed by atoms with E-state index in [1.807, 2.05) is 0 Å². The number of aliphatic hydroxyl groups excluding tert-OH is 3. The molecule has 1 aromatic rings. The zero-order valence-electron chi connectivity index (χ0n) is 9.75. The Morgan fingerprint density at radius 2 is 1.89 bits per heavy atom. The number of hydrogen-bond acceptors (Lipinski definition) is 7. The molecule has 1 heterocycles. The molecule has 0 saturated carbocycles. The fraction of sp³-hybridized carbons (Fsp3) is 0.455. The van der Waals surface area contributed by atoms with Crippen molar-refractivity contribution in [1.29, 1.82) is 0 Å². The van der Waals surface area contributed by atoms with Crippen LogP contribution in [0.1, 0.15) is 0 Å².